The third kappa shape index (κ3) is 2.84. The normalized spacial score (nSPS) is 10.1. The molecule has 0 spiro atoms. The van der Waals surface area contributed by atoms with Gasteiger partial charge in [-0.15, -0.1) is 0 Å². The Hall–Kier alpha value is -1.77. The van der Waals surface area contributed by atoms with Gasteiger partial charge < -0.3 is 4.74 Å². The number of ether oxygens (including phenoxy) is 1. The first-order chi connectivity index (χ1) is 7.04. The molecule has 0 aliphatic heterocycles. The molecule has 0 unspecified atom stereocenters. The van der Waals surface area contributed by atoms with Crippen molar-refractivity contribution in [2.24, 2.45) is 0 Å². The third-order valence-electron chi connectivity index (χ3n) is 1.59. The summed E-state index contributed by atoms with van der Waals surface area (Å²) in [6.07, 6.45) is -0.336. The number of hydrogen-bond donors (Lipinski definition) is 0. The Labute approximate surface area is 82.7 Å². The highest BCUT2D eigenvalue weighted by atomic mass is 19.3. The van der Waals surface area contributed by atoms with Gasteiger partial charge in [0.05, 0.1) is 12.5 Å². The van der Waals surface area contributed by atoms with Gasteiger partial charge in [0.15, 0.2) is 11.6 Å². The highest BCUT2D eigenvalue weighted by molar-refractivity contribution is 5.32. The standard InChI is InChI=1S/C9H5F4NO/c10-6-4-8(15-9(12)13)7(11)3-5(6)1-2-14/h3-4,9H,1H2. The molecule has 0 saturated carbocycles. The van der Waals surface area contributed by atoms with Gasteiger partial charge >= 0.3 is 6.61 Å². The highest BCUT2D eigenvalue weighted by Crippen LogP contribution is 2.23. The third-order valence-corrected chi connectivity index (χ3v) is 1.59. The Bertz CT molecular complexity index is 400. The van der Waals surface area contributed by atoms with Crippen molar-refractivity contribution in [1.82, 2.24) is 0 Å². The summed E-state index contributed by atoms with van der Waals surface area (Å²) in [6, 6.07) is 2.77. The summed E-state index contributed by atoms with van der Waals surface area (Å²) in [6.45, 7) is -3.22. The van der Waals surface area contributed by atoms with Crippen LogP contribution in [-0.4, -0.2) is 6.61 Å². The van der Waals surface area contributed by atoms with E-state index in [2.05, 4.69) is 4.74 Å². The molecule has 0 aliphatic carbocycles. The summed E-state index contributed by atoms with van der Waals surface area (Å²) in [5.74, 6) is -2.94. The molecule has 0 aliphatic rings. The maximum absolute atomic E-state index is 13.0. The van der Waals surface area contributed by atoms with E-state index in [1.165, 1.54) is 0 Å². The monoisotopic (exact) mass is 219 g/mol. The number of halogens is 4. The van der Waals surface area contributed by atoms with Crippen LogP contribution in [0.5, 0.6) is 5.75 Å². The lowest BCUT2D eigenvalue weighted by Gasteiger charge is -2.07. The molecule has 0 N–H and O–H groups in total. The summed E-state index contributed by atoms with van der Waals surface area (Å²) in [5.41, 5.74) is -0.198. The molecule has 1 aromatic carbocycles. The summed E-state index contributed by atoms with van der Waals surface area (Å²) < 4.78 is 53.2. The van der Waals surface area contributed by atoms with E-state index in [-0.39, 0.29) is 12.0 Å². The van der Waals surface area contributed by atoms with Crippen LogP contribution in [0.15, 0.2) is 12.1 Å². The first-order valence-electron chi connectivity index (χ1n) is 3.84. The highest BCUT2D eigenvalue weighted by Gasteiger charge is 2.14. The van der Waals surface area contributed by atoms with Gasteiger partial charge in [0, 0.05) is 11.6 Å². The molecular formula is C9H5F4NO. The summed E-state index contributed by atoms with van der Waals surface area (Å²) >= 11 is 0. The lowest BCUT2D eigenvalue weighted by Crippen LogP contribution is -2.05. The Balaban J connectivity index is 3.03. The molecular weight excluding hydrogens is 214 g/mol. The average Bonchev–Trinajstić information content (AvgIpc) is 2.13. The molecule has 0 saturated heterocycles. The first-order valence-corrected chi connectivity index (χ1v) is 3.84. The molecule has 15 heavy (non-hydrogen) atoms. The lowest BCUT2D eigenvalue weighted by molar-refractivity contribution is -0.0523. The average molecular weight is 219 g/mol. The molecule has 0 aromatic heterocycles. The number of nitriles is 1. The van der Waals surface area contributed by atoms with E-state index in [9.17, 15) is 17.6 Å². The maximum atomic E-state index is 13.0. The van der Waals surface area contributed by atoms with Crippen molar-refractivity contribution in [3.63, 3.8) is 0 Å². The topological polar surface area (TPSA) is 33.0 Å². The molecule has 0 bridgehead atoms. The van der Waals surface area contributed by atoms with Crippen LogP contribution in [0.2, 0.25) is 0 Å². The molecule has 80 valence electrons. The zero-order chi connectivity index (χ0) is 11.4. The number of hydrogen-bond acceptors (Lipinski definition) is 2. The van der Waals surface area contributed by atoms with Crippen molar-refractivity contribution < 1.29 is 22.3 Å². The van der Waals surface area contributed by atoms with Gasteiger partial charge in [-0.05, 0) is 6.07 Å². The zero-order valence-corrected chi connectivity index (χ0v) is 7.31. The SMILES string of the molecule is N#CCc1cc(F)c(OC(F)F)cc1F. The van der Waals surface area contributed by atoms with Gasteiger partial charge in [-0.3, -0.25) is 0 Å². The van der Waals surface area contributed by atoms with Crippen LogP contribution >= 0.6 is 0 Å². The minimum Gasteiger partial charge on any atom is -0.432 e. The maximum Gasteiger partial charge on any atom is 0.387 e. The van der Waals surface area contributed by atoms with E-state index in [1.807, 2.05) is 0 Å². The first kappa shape index (κ1) is 11.3. The summed E-state index contributed by atoms with van der Waals surface area (Å²) in [4.78, 5) is 0. The fraction of sp³-hybridized carbons (Fsp3) is 0.222. The number of alkyl halides is 2. The van der Waals surface area contributed by atoms with Crippen LogP contribution < -0.4 is 4.74 Å². The second-order valence-corrected chi connectivity index (χ2v) is 2.59. The van der Waals surface area contributed by atoms with Crippen LogP contribution in [0.25, 0.3) is 0 Å². The Morgan fingerprint density at radius 3 is 2.47 bits per heavy atom. The molecule has 2 nitrogen and oxygen atoms in total. The number of rotatable bonds is 3. The van der Waals surface area contributed by atoms with Gasteiger partial charge in [-0.25, -0.2) is 8.78 Å². The van der Waals surface area contributed by atoms with Gasteiger partial charge in [0.2, 0.25) is 0 Å². The van der Waals surface area contributed by atoms with E-state index in [1.54, 1.807) is 6.07 Å². The van der Waals surface area contributed by atoms with E-state index in [4.69, 9.17) is 5.26 Å². The Kier molecular flexibility index (Phi) is 3.50. The smallest absolute Gasteiger partial charge is 0.387 e. The fourth-order valence-corrected chi connectivity index (χ4v) is 0.977. The van der Waals surface area contributed by atoms with Crippen LogP contribution in [-0.2, 0) is 6.42 Å². The molecule has 1 aromatic rings. The van der Waals surface area contributed by atoms with Gasteiger partial charge in [0.25, 0.3) is 0 Å². The summed E-state index contributed by atoms with van der Waals surface area (Å²) in [7, 11) is 0. The predicted molar refractivity (Wildman–Crippen MR) is 42.3 cm³/mol. The molecule has 0 radical (unpaired) electrons. The van der Waals surface area contributed by atoms with Gasteiger partial charge in [0.1, 0.15) is 5.82 Å². The summed E-state index contributed by atoms with van der Waals surface area (Å²) in [5, 5.41) is 8.26. The minimum atomic E-state index is -3.22. The van der Waals surface area contributed by atoms with Crippen LogP contribution in [0.4, 0.5) is 17.6 Å². The van der Waals surface area contributed by atoms with Crippen molar-refractivity contribution in [1.29, 1.82) is 5.26 Å². The number of nitrogens with zero attached hydrogens (tertiary/aromatic N) is 1. The van der Waals surface area contributed by atoms with Crippen molar-refractivity contribution in [2.45, 2.75) is 13.0 Å². The van der Waals surface area contributed by atoms with Gasteiger partial charge in [-0.1, -0.05) is 0 Å². The molecule has 6 heteroatoms. The van der Waals surface area contributed by atoms with Crippen molar-refractivity contribution in [3.05, 3.63) is 29.3 Å². The van der Waals surface area contributed by atoms with E-state index in [0.29, 0.717) is 12.1 Å². The molecule has 0 fully saturated rings. The second kappa shape index (κ2) is 4.64. The lowest BCUT2D eigenvalue weighted by atomic mass is 10.1. The van der Waals surface area contributed by atoms with Crippen molar-refractivity contribution in [2.75, 3.05) is 0 Å². The molecule has 0 amide bonds. The zero-order valence-electron chi connectivity index (χ0n) is 7.31. The van der Waals surface area contributed by atoms with E-state index in [0.717, 1.165) is 0 Å². The Morgan fingerprint density at radius 1 is 1.27 bits per heavy atom. The van der Waals surface area contributed by atoms with Gasteiger partial charge in [-0.2, -0.15) is 14.0 Å². The van der Waals surface area contributed by atoms with E-state index < -0.39 is 24.0 Å². The van der Waals surface area contributed by atoms with Crippen LogP contribution in [0, 0.1) is 23.0 Å². The largest absolute Gasteiger partial charge is 0.432 e. The van der Waals surface area contributed by atoms with Crippen molar-refractivity contribution in [3.8, 4) is 11.8 Å². The molecule has 1 rings (SSSR count). The fourth-order valence-electron chi connectivity index (χ4n) is 0.977. The van der Waals surface area contributed by atoms with E-state index >= 15 is 0 Å². The number of benzene rings is 1. The van der Waals surface area contributed by atoms with Crippen LogP contribution in [0.3, 0.4) is 0 Å². The minimum absolute atomic E-state index is 0.198. The van der Waals surface area contributed by atoms with Crippen molar-refractivity contribution >= 4 is 0 Å². The molecule has 0 atom stereocenters. The Morgan fingerprint density at radius 2 is 1.93 bits per heavy atom. The second-order valence-electron chi connectivity index (χ2n) is 2.59. The quantitative estimate of drug-likeness (QED) is 0.732. The predicted octanol–water partition coefficient (Wildman–Crippen LogP) is 2.63. The molecule has 0 heterocycles. The van der Waals surface area contributed by atoms with Crippen LogP contribution in [0.1, 0.15) is 5.56 Å².